The Bertz CT molecular complexity index is 584. The van der Waals surface area contributed by atoms with E-state index < -0.39 is 0 Å². The second-order valence-electron chi connectivity index (χ2n) is 4.63. The maximum Gasteiger partial charge on any atom is 0.0465 e. The average molecular weight is 329 g/mol. The summed E-state index contributed by atoms with van der Waals surface area (Å²) in [4.78, 5) is 0. The van der Waals surface area contributed by atoms with Gasteiger partial charge in [-0.1, -0.05) is 59.9 Å². The van der Waals surface area contributed by atoms with Gasteiger partial charge in [0.05, 0.1) is 0 Å². The highest BCUT2D eigenvalue weighted by atomic mass is 35.5. The molecular formula is C16H16Cl3N. The molecule has 0 amide bonds. The van der Waals surface area contributed by atoms with Crippen molar-refractivity contribution in [3.63, 3.8) is 0 Å². The lowest BCUT2D eigenvalue weighted by atomic mass is 10.0. The van der Waals surface area contributed by atoms with E-state index in [4.69, 9.17) is 34.8 Å². The Morgan fingerprint density at radius 2 is 1.75 bits per heavy atom. The summed E-state index contributed by atoms with van der Waals surface area (Å²) in [7, 11) is 0. The molecule has 0 saturated heterocycles. The summed E-state index contributed by atoms with van der Waals surface area (Å²) in [5.74, 6) is 0. The first-order valence-electron chi connectivity index (χ1n) is 6.53. The predicted molar refractivity (Wildman–Crippen MR) is 87.8 cm³/mol. The summed E-state index contributed by atoms with van der Waals surface area (Å²) in [6.07, 6.45) is 0.978. The normalized spacial score (nSPS) is 12.4. The van der Waals surface area contributed by atoms with Crippen LogP contribution < -0.4 is 5.32 Å². The molecule has 1 unspecified atom stereocenters. The van der Waals surface area contributed by atoms with Crippen LogP contribution >= 0.6 is 34.8 Å². The van der Waals surface area contributed by atoms with Gasteiger partial charge < -0.3 is 5.32 Å². The van der Waals surface area contributed by atoms with Crippen molar-refractivity contribution in [2.45, 2.75) is 25.9 Å². The summed E-state index contributed by atoms with van der Waals surface area (Å²) in [6.45, 7) is 2.84. The van der Waals surface area contributed by atoms with Gasteiger partial charge >= 0.3 is 0 Å². The average Bonchev–Trinajstić information content (AvgIpc) is 2.41. The van der Waals surface area contributed by atoms with Crippen LogP contribution in [0.5, 0.6) is 0 Å². The lowest BCUT2D eigenvalue weighted by molar-refractivity contribution is 0.519. The molecule has 1 nitrogen and oxygen atoms in total. The number of hydrogen-bond donors (Lipinski definition) is 1. The largest absolute Gasteiger partial charge is 0.306 e. The van der Waals surface area contributed by atoms with E-state index in [2.05, 4.69) is 18.3 Å². The van der Waals surface area contributed by atoms with Gasteiger partial charge in [-0.3, -0.25) is 0 Å². The van der Waals surface area contributed by atoms with Crippen LogP contribution in [0.25, 0.3) is 0 Å². The summed E-state index contributed by atoms with van der Waals surface area (Å²) >= 11 is 18.1. The van der Waals surface area contributed by atoms with E-state index in [0.717, 1.165) is 17.0 Å². The number of nitrogens with one attached hydrogen (secondary N) is 1. The molecule has 106 valence electrons. The number of rotatable bonds is 5. The zero-order chi connectivity index (χ0) is 14.5. The summed E-state index contributed by atoms with van der Waals surface area (Å²) in [5.41, 5.74) is 2.22. The van der Waals surface area contributed by atoms with Crippen LogP contribution in [0.15, 0.2) is 42.5 Å². The minimum atomic E-state index is 0.250. The smallest absolute Gasteiger partial charge is 0.0465 e. The van der Waals surface area contributed by atoms with E-state index in [0.29, 0.717) is 16.6 Å². The highest BCUT2D eigenvalue weighted by Gasteiger charge is 2.10. The van der Waals surface area contributed by atoms with Crippen molar-refractivity contribution in [1.82, 2.24) is 5.32 Å². The topological polar surface area (TPSA) is 12.0 Å². The molecule has 1 atom stereocenters. The molecule has 1 N–H and O–H groups in total. The molecular weight excluding hydrogens is 313 g/mol. The van der Waals surface area contributed by atoms with Gasteiger partial charge in [-0.25, -0.2) is 0 Å². The summed E-state index contributed by atoms with van der Waals surface area (Å²) in [6, 6.07) is 13.7. The van der Waals surface area contributed by atoms with Crippen molar-refractivity contribution >= 4 is 34.8 Å². The van der Waals surface area contributed by atoms with E-state index in [-0.39, 0.29) is 6.04 Å². The fourth-order valence-corrected chi connectivity index (χ4v) is 2.79. The molecule has 20 heavy (non-hydrogen) atoms. The quantitative estimate of drug-likeness (QED) is 0.722. The standard InChI is InChI=1S/C16H16Cl3N/c1-2-16(11-4-3-5-13(17)8-11)20-10-12-6-7-14(18)9-15(12)19/h3-9,16,20H,2,10H2,1H3. The molecule has 0 aromatic heterocycles. The van der Waals surface area contributed by atoms with Crippen LogP contribution in [0.1, 0.15) is 30.5 Å². The molecule has 2 aromatic rings. The molecule has 2 aromatic carbocycles. The molecule has 4 heteroatoms. The second kappa shape index (κ2) is 7.33. The minimum absolute atomic E-state index is 0.250. The van der Waals surface area contributed by atoms with E-state index in [1.54, 1.807) is 6.07 Å². The van der Waals surface area contributed by atoms with E-state index in [1.807, 2.05) is 30.3 Å². The Balaban J connectivity index is 2.07. The number of halogens is 3. The monoisotopic (exact) mass is 327 g/mol. The van der Waals surface area contributed by atoms with Crippen molar-refractivity contribution in [2.75, 3.05) is 0 Å². The lowest BCUT2D eigenvalue weighted by Crippen LogP contribution is -2.20. The van der Waals surface area contributed by atoms with Crippen LogP contribution in [0.2, 0.25) is 15.1 Å². The zero-order valence-electron chi connectivity index (χ0n) is 11.2. The fraction of sp³-hybridized carbons (Fsp3) is 0.250. The number of benzene rings is 2. The minimum Gasteiger partial charge on any atom is -0.306 e. The molecule has 0 saturated carbocycles. The van der Waals surface area contributed by atoms with Gasteiger partial charge in [-0.05, 0) is 41.8 Å². The molecule has 0 radical (unpaired) electrons. The second-order valence-corrected chi connectivity index (χ2v) is 5.91. The van der Waals surface area contributed by atoms with Gasteiger partial charge in [-0.2, -0.15) is 0 Å². The van der Waals surface area contributed by atoms with Crippen molar-refractivity contribution in [3.8, 4) is 0 Å². The third kappa shape index (κ3) is 4.13. The van der Waals surface area contributed by atoms with Gasteiger partial charge in [0.25, 0.3) is 0 Å². The van der Waals surface area contributed by atoms with Crippen LogP contribution in [0.3, 0.4) is 0 Å². The Hall–Kier alpha value is -0.730. The molecule has 2 rings (SSSR count). The zero-order valence-corrected chi connectivity index (χ0v) is 13.4. The van der Waals surface area contributed by atoms with Crippen LogP contribution in [-0.2, 0) is 6.54 Å². The fourth-order valence-electron chi connectivity index (χ4n) is 2.12. The van der Waals surface area contributed by atoms with Gasteiger partial charge in [0.2, 0.25) is 0 Å². The first-order valence-corrected chi connectivity index (χ1v) is 7.66. The molecule has 0 spiro atoms. The first-order chi connectivity index (χ1) is 9.60. The molecule has 0 aliphatic heterocycles. The number of hydrogen-bond acceptors (Lipinski definition) is 1. The SMILES string of the molecule is CCC(NCc1ccc(Cl)cc1Cl)c1cccc(Cl)c1. The Morgan fingerprint density at radius 1 is 1.00 bits per heavy atom. The van der Waals surface area contributed by atoms with E-state index in [9.17, 15) is 0 Å². The van der Waals surface area contributed by atoms with Crippen LogP contribution in [-0.4, -0.2) is 0 Å². The Kier molecular flexibility index (Phi) is 5.74. The molecule has 0 aliphatic rings. The highest BCUT2D eigenvalue weighted by Crippen LogP contribution is 2.24. The Labute approximate surface area is 134 Å². The summed E-state index contributed by atoms with van der Waals surface area (Å²) in [5, 5.41) is 5.60. The van der Waals surface area contributed by atoms with Gasteiger partial charge in [0, 0.05) is 27.7 Å². The maximum atomic E-state index is 6.18. The van der Waals surface area contributed by atoms with Crippen molar-refractivity contribution in [2.24, 2.45) is 0 Å². The van der Waals surface area contributed by atoms with Gasteiger partial charge in [0.15, 0.2) is 0 Å². The van der Waals surface area contributed by atoms with Crippen molar-refractivity contribution in [1.29, 1.82) is 0 Å². The Morgan fingerprint density at radius 3 is 2.40 bits per heavy atom. The molecule has 0 aliphatic carbocycles. The molecule has 0 bridgehead atoms. The first kappa shape index (κ1) is 15.7. The lowest BCUT2D eigenvalue weighted by Gasteiger charge is -2.18. The van der Waals surface area contributed by atoms with Crippen LogP contribution in [0.4, 0.5) is 0 Å². The van der Waals surface area contributed by atoms with Crippen LogP contribution in [0, 0.1) is 0 Å². The van der Waals surface area contributed by atoms with Crippen molar-refractivity contribution < 1.29 is 0 Å². The van der Waals surface area contributed by atoms with Crippen molar-refractivity contribution in [3.05, 3.63) is 68.7 Å². The van der Waals surface area contributed by atoms with E-state index in [1.165, 1.54) is 5.56 Å². The highest BCUT2D eigenvalue weighted by molar-refractivity contribution is 6.35. The molecule has 0 fully saturated rings. The summed E-state index contributed by atoms with van der Waals surface area (Å²) < 4.78 is 0. The molecule has 0 heterocycles. The van der Waals surface area contributed by atoms with Gasteiger partial charge in [-0.15, -0.1) is 0 Å². The van der Waals surface area contributed by atoms with E-state index >= 15 is 0 Å². The maximum absolute atomic E-state index is 6.18. The van der Waals surface area contributed by atoms with Gasteiger partial charge in [0.1, 0.15) is 0 Å². The third-order valence-electron chi connectivity index (χ3n) is 3.21. The third-order valence-corrected chi connectivity index (χ3v) is 4.04. The predicted octanol–water partition coefficient (Wildman–Crippen LogP) is 5.89.